The summed E-state index contributed by atoms with van der Waals surface area (Å²) in [5.74, 6) is 0.967. The fraction of sp³-hybridized carbons (Fsp3) is 1.00. The predicted octanol–water partition coefficient (Wildman–Crippen LogP) is 4.13. The zero-order valence-corrected chi connectivity index (χ0v) is 10.7. The molecule has 1 aliphatic carbocycles. The molecule has 90 valence electrons. The van der Waals surface area contributed by atoms with E-state index >= 15 is 0 Å². The molecule has 0 radical (unpaired) electrons. The van der Waals surface area contributed by atoms with Gasteiger partial charge < -0.3 is 5.32 Å². The minimum atomic E-state index is 0.801. The lowest BCUT2D eigenvalue weighted by atomic mass is 9.88. The minimum Gasteiger partial charge on any atom is -0.317 e. The average Bonchev–Trinajstić information content (AvgIpc) is 2.53. The molecule has 1 atom stereocenters. The van der Waals surface area contributed by atoms with Crippen molar-refractivity contribution in [3.63, 3.8) is 0 Å². The van der Waals surface area contributed by atoms with E-state index in [1.807, 2.05) is 0 Å². The highest BCUT2D eigenvalue weighted by atomic mass is 14.9. The molecular formula is C14H29N. The van der Waals surface area contributed by atoms with Gasteiger partial charge in [0, 0.05) is 6.04 Å². The topological polar surface area (TPSA) is 12.0 Å². The van der Waals surface area contributed by atoms with Gasteiger partial charge in [0.1, 0.15) is 0 Å². The molecule has 1 aliphatic rings. The van der Waals surface area contributed by atoms with Crippen LogP contribution in [0, 0.1) is 5.92 Å². The van der Waals surface area contributed by atoms with Gasteiger partial charge in [0.15, 0.2) is 0 Å². The van der Waals surface area contributed by atoms with Gasteiger partial charge in [-0.25, -0.2) is 0 Å². The molecule has 15 heavy (non-hydrogen) atoms. The van der Waals surface area contributed by atoms with E-state index in [0.29, 0.717) is 0 Å². The molecule has 0 aliphatic heterocycles. The standard InChI is InChI=1S/C14H29N/c1-3-4-7-12-14(15-2)13-10-8-5-6-9-11-13/h13-15H,3-12H2,1-2H3. The van der Waals surface area contributed by atoms with Crippen molar-refractivity contribution in [1.82, 2.24) is 5.32 Å². The van der Waals surface area contributed by atoms with E-state index in [2.05, 4.69) is 19.3 Å². The van der Waals surface area contributed by atoms with Crippen molar-refractivity contribution in [1.29, 1.82) is 0 Å². The first-order chi connectivity index (χ1) is 7.38. The van der Waals surface area contributed by atoms with Gasteiger partial charge in [0.05, 0.1) is 0 Å². The lowest BCUT2D eigenvalue weighted by Gasteiger charge is -2.25. The maximum atomic E-state index is 3.56. The Morgan fingerprint density at radius 2 is 1.73 bits per heavy atom. The van der Waals surface area contributed by atoms with E-state index in [1.54, 1.807) is 0 Å². The van der Waals surface area contributed by atoms with Gasteiger partial charge in [0.25, 0.3) is 0 Å². The summed E-state index contributed by atoms with van der Waals surface area (Å²) in [7, 11) is 2.15. The molecule has 1 nitrogen and oxygen atoms in total. The van der Waals surface area contributed by atoms with Gasteiger partial charge >= 0.3 is 0 Å². The number of rotatable bonds is 6. The van der Waals surface area contributed by atoms with Crippen LogP contribution in [0.5, 0.6) is 0 Å². The Kier molecular flexibility index (Phi) is 7.08. The summed E-state index contributed by atoms with van der Waals surface area (Å²) in [6, 6.07) is 0.801. The van der Waals surface area contributed by atoms with E-state index in [9.17, 15) is 0 Å². The van der Waals surface area contributed by atoms with Crippen molar-refractivity contribution in [2.45, 2.75) is 77.2 Å². The summed E-state index contributed by atoms with van der Waals surface area (Å²) in [6.07, 6.45) is 14.4. The molecule has 0 aromatic rings. The van der Waals surface area contributed by atoms with Crippen LogP contribution in [0.4, 0.5) is 0 Å². The first-order valence-electron chi connectivity index (χ1n) is 7.05. The third-order valence-electron chi connectivity index (χ3n) is 3.96. The Hall–Kier alpha value is -0.0400. The molecule has 0 amide bonds. The highest BCUT2D eigenvalue weighted by Gasteiger charge is 2.20. The quantitative estimate of drug-likeness (QED) is 0.514. The van der Waals surface area contributed by atoms with Gasteiger partial charge in [-0.2, -0.15) is 0 Å². The van der Waals surface area contributed by atoms with Crippen LogP contribution >= 0.6 is 0 Å². The zero-order valence-electron chi connectivity index (χ0n) is 10.7. The van der Waals surface area contributed by atoms with Crippen LogP contribution in [0.15, 0.2) is 0 Å². The largest absolute Gasteiger partial charge is 0.317 e. The van der Waals surface area contributed by atoms with Crippen molar-refractivity contribution in [2.75, 3.05) is 7.05 Å². The summed E-state index contributed by atoms with van der Waals surface area (Å²) in [5.41, 5.74) is 0. The van der Waals surface area contributed by atoms with Crippen LogP contribution in [0.25, 0.3) is 0 Å². The Morgan fingerprint density at radius 1 is 1.07 bits per heavy atom. The number of nitrogens with one attached hydrogen (secondary N) is 1. The van der Waals surface area contributed by atoms with Gasteiger partial charge in [-0.05, 0) is 32.2 Å². The molecule has 0 aromatic carbocycles. The van der Waals surface area contributed by atoms with Crippen molar-refractivity contribution >= 4 is 0 Å². The van der Waals surface area contributed by atoms with Crippen molar-refractivity contribution in [3.05, 3.63) is 0 Å². The molecule has 1 fully saturated rings. The van der Waals surface area contributed by atoms with Gasteiger partial charge in [0.2, 0.25) is 0 Å². The minimum absolute atomic E-state index is 0.801. The summed E-state index contributed by atoms with van der Waals surface area (Å²) >= 11 is 0. The molecule has 0 heterocycles. The lowest BCUT2D eigenvalue weighted by molar-refractivity contribution is 0.312. The van der Waals surface area contributed by atoms with Crippen molar-refractivity contribution in [2.24, 2.45) is 5.92 Å². The van der Waals surface area contributed by atoms with E-state index in [4.69, 9.17) is 0 Å². The van der Waals surface area contributed by atoms with E-state index in [0.717, 1.165) is 12.0 Å². The normalized spacial score (nSPS) is 21.2. The van der Waals surface area contributed by atoms with Crippen LogP contribution in [0.3, 0.4) is 0 Å². The summed E-state index contributed by atoms with van der Waals surface area (Å²) in [5, 5.41) is 3.56. The molecule has 1 N–H and O–H groups in total. The SMILES string of the molecule is CCCCCC(NC)C1CCCCCC1. The van der Waals surface area contributed by atoms with E-state index in [-0.39, 0.29) is 0 Å². The van der Waals surface area contributed by atoms with Crippen molar-refractivity contribution < 1.29 is 0 Å². The molecule has 0 aromatic heterocycles. The molecular weight excluding hydrogens is 182 g/mol. The Morgan fingerprint density at radius 3 is 2.27 bits per heavy atom. The molecule has 0 bridgehead atoms. The summed E-state index contributed by atoms with van der Waals surface area (Å²) in [6.45, 7) is 2.29. The van der Waals surface area contributed by atoms with E-state index < -0.39 is 0 Å². The Bertz CT molecular complexity index is 136. The zero-order chi connectivity index (χ0) is 10.9. The second-order valence-corrected chi connectivity index (χ2v) is 5.14. The lowest BCUT2D eigenvalue weighted by Crippen LogP contribution is -2.33. The monoisotopic (exact) mass is 211 g/mol. The second-order valence-electron chi connectivity index (χ2n) is 5.14. The molecule has 1 heteroatoms. The summed E-state index contributed by atoms with van der Waals surface area (Å²) in [4.78, 5) is 0. The molecule has 0 spiro atoms. The first kappa shape index (κ1) is 13.0. The highest BCUT2D eigenvalue weighted by molar-refractivity contribution is 4.77. The fourth-order valence-electron chi connectivity index (χ4n) is 2.94. The Balaban J connectivity index is 2.27. The third kappa shape index (κ3) is 5.01. The van der Waals surface area contributed by atoms with Crippen molar-refractivity contribution in [3.8, 4) is 0 Å². The van der Waals surface area contributed by atoms with E-state index in [1.165, 1.54) is 64.2 Å². The summed E-state index contributed by atoms with van der Waals surface area (Å²) < 4.78 is 0. The highest BCUT2D eigenvalue weighted by Crippen LogP contribution is 2.27. The van der Waals surface area contributed by atoms with Gasteiger partial charge in [-0.3, -0.25) is 0 Å². The third-order valence-corrected chi connectivity index (χ3v) is 3.96. The second kappa shape index (κ2) is 8.15. The van der Waals surface area contributed by atoms with Gasteiger partial charge in [-0.15, -0.1) is 0 Å². The number of hydrogen-bond donors (Lipinski definition) is 1. The van der Waals surface area contributed by atoms with Gasteiger partial charge in [-0.1, -0.05) is 51.9 Å². The maximum Gasteiger partial charge on any atom is 0.00923 e. The van der Waals surface area contributed by atoms with Crippen LogP contribution in [0.2, 0.25) is 0 Å². The molecule has 1 unspecified atom stereocenters. The van der Waals surface area contributed by atoms with Crippen LogP contribution < -0.4 is 5.32 Å². The number of unbranched alkanes of at least 4 members (excludes halogenated alkanes) is 2. The smallest absolute Gasteiger partial charge is 0.00923 e. The number of hydrogen-bond acceptors (Lipinski definition) is 1. The first-order valence-corrected chi connectivity index (χ1v) is 7.05. The average molecular weight is 211 g/mol. The molecule has 0 saturated heterocycles. The molecule has 1 saturated carbocycles. The maximum absolute atomic E-state index is 3.56. The van der Waals surface area contributed by atoms with Crippen LogP contribution in [-0.4, -0.2) is 13.1 Å². The Labute approximate surface area is 96.0 Å². The van der Waals surface area contributed by atoms with Crippen LogP contribution in [0.1, 0.15) is 71.1 Å². The van der Waals surface area contributed by atoms with Crippen LogP contribution in [-0.2, 0) is 0 Å². The predicted molar refractivity (Wildman–Crippen MR) is 68.2 cm³/mol. The molecule has 1 rings (SSSR count). The fourth-order valence-corrected chi connectivity index (χ4v) is 2.94.